The lowest BCUT2D eigenvalue weighted by Gasteiger charge is -2.14. The van der Waals surface area contributed by atoms with Gasteiger partial charge in [0.2, 0.25) is 0 Å². The molecule has 0 radical (unpaired) electrons. The summed E-state index contributed by atoms with van der Waals surface area (Å²) < 4.78 is 2.19. The molecule has 0 saturated heterocycles. The first kappa shape index (κ1) is 20.5. The molecule has 162 valence electrons. The van der Waals surface area contributed by atoms with Gasteiger partial charge in [-0.2, -0.15) is 0 Å². The molecule has 0 atom stereocenters. The summed E-state index contributed by atoms with van der Waals surface area (Å²) in [6, 6.07) is 14.0. The normalized spacial score (nSPS) is 11.8. The van der Waals surface area contributed by atoms with E-state index in [1.165, 1.54) is 0 Å². The second-order valence-electron chi connectivity index (χ2n) is 8.36. The van der Waals surface area contributed by atoms with E-state index in [-0.39, 0.29) is 11.6 Å². The number of carboxylic acid groups (broad SMARTS) is 1. The van der Waals surface area contributed by atoms with Gasteiger partial charge < -0.3 is 19.6 Å². The van der Waals surface area contributed by atoms with E-state index < -0.39 is 5.97 Å². The maximum atomic E-state index is 12.4. The average molecular weight is 446 g/mol. The molecule has 5 nitrogen and oxygen atoms in total. The van der Waals surface area contributed by atoms with Crippen LogP contribution in [0, 0.1) is 0 Å². The van der Waals surface area contributed by atoms with Crippen LogP contribution >= 0.6 is 11.6 Å². The Bertz CT molecular complexity index is 1490. The van der Waals surface area contributed by atoms with Gasteiger partial charge in [0.15, 0.2) is 0 Å². The summed E-state index contributed by atoms with van der Waals surface area (Å²) >= 11 is 6.68. The second kappa shape index (κ2) is 7.61. The van der Waals surface area contributed by atoms with Crippen molar-refractivity contribution in [2.45, 2.75) is 33.2 Å². The number of fused-ring (bicyclic) bond motifs is 2. The van der Waals surface area contributed by atoms with E-state index in [1.54, 1.807) is 0 Å². The highest BCUT2D eigenvalue weighted by Gasteiger charge is 2.28. The lowest BCUT2D eigenvalue weighted by molar-refractivity contribution is 0.0692. The summed E-state index contributed by atoms with van der Waals surface area (Å²) in [5, 5.41) is 12.7. The van der Waals surface area contributed by atoms with Crippen molar-refractivity contribution in [1.82, 2.24) is 14.5 Å². The predicted molar refractivity (Wildman–Crippen MR) is 131 cm³/mol. The maximum Gasteiger partial charge on any atom is 0.352 e. The Morgan fingerprint density at radius 2 is 1.94 bits per heavy atom. The van der Waals surface area contributed by atoms with E-state index in [0.29, 0.717) is 10.6 Å². The number of hydrogen-bond acceptors (Lipinski definition) is 1. The number of H-pyrrole nitrogens is 2. The van der Waals surface area contributed by atoms with Crippen LogP contribution in [0.15, 0.2) is 54.9 Å². The first-order valence-corrected chi connectivity index (χ1v) is 11.1. The van der Waals surface area contributed by atoms with Crippen LogP contribution in [-0.2, 0) is 6.54 Å². The largest absolute Gasteiger partial charge is 0.477 e. The average Bonchev–Trinajstić information content (AvgIpc) is 3.49. The molecule has 0 bridgehead atoms. The van der Waals surface area contributed by atoms with Crippen molar-refractivity contribution < 1.29 is 9.90 Å². The molecule has 3 heterocycles. The molecule has 2 aromatic carbocycles. The van der Waals surface area contributed by atoms with Crippen LogP contribution in [0.1, 0.15) is 42.7 Å². The number of carboxylic acids is 1. The van der Waals surface area contributed by atoms with Gasteiger partial charge in [0.05, 0.1) is 5.69 Å². The van der Waals surface area contributed by atoms with Gasteiger partial charge in [0.25, 0.3) is 0 Å². The summed E-state index contributed by atoms with van der Waals surface area (Å²) in [5.41, 5.74) is 6.37. The molecular weight excluding hydrogens is 422 g/mol. The number of nitrogens with zero attached hydrogens (tertiary/aromatic N) is 1. The highest BCUT2D eigenvalue weighted by Crippen LogP contribution is 2.45. The standard InChI is InChI=1S/C26H24ClN3O2/c1-4-30-12-10-15-13-16(5-8-20(15)30)24-21(14(2)3)23(25(29-24)26(31)32)22-17-9-11-28-19(17)7-6-18(22)27/h5-14,28-29H,4H2,1-3H3,(H,31,32). The summed E-state index contributed by atoms with van der Waals surface area (Å²) in [6.45, 7) is 7.18. The van der Waals surface area contributed by atoms with Gasteiger partial charge in [0, 0.05) is 56.9 Å². The van der Waals surface area contributed by atoms with Crippen molar-refractivity contribution in [3.8, 4) is 22.4 Å². The predicted octanol–water partition coefficient (Wildman–Crippen LogP) is 7.28. The first-order chi connectivity index (χ1) is 15.4. The van der Waals surface area contributed by atoms with E-state index in [0.717, 1.165) is 50.7 Å². The molecule has 0 aliphatic rings. The molecule has 3 aromatic heterocycles. The Balaban J connectivity index is 1.84. The number of hydrogen-bond donors (Lipinski definition) is 3. The van der Waals surface area contributed by atoms with Gasteiger partial charge in [0.1, 0.15) is 5.69 Å². The molecule has 5 rings (SSSR count). The van der Waals surface area contributed by atoms with Gasteiger partial charge in [-0.25, -0.2) is 4.79 Å². The number of nitrogens with one attached hydrogen (secondary N) is 2. The number of aromatic amines is 2. The molecule has 6 heteroatoms. The van der Waals surface area contributed by atoms with Gasteiger partial charge >= 0.3 is 5.97 Å². The lowest BCUT2D eigenvalue weighted by Crippen LogP contribution is -2.00. The summed E-state index contributed by atoms with van der Waals surface area (Å²) in [6.07, 6.45) is 3.92. The van der Waals surface area contributed by atoms with Crippen molar-refractivity contribution in [2.75, 3.05) is 0 Å². The third-order valence-corrected chi connectivity index (χ3v) is 6.48. The molecule has 0 aliphatic heterocycles. The molecular formula is C26H24ClN3O2. The van der Waals surface area contributed by atoms with E-state index in [9.17, 15) is 9.90 Å². The molecule has 0 unspecified atom stereocenters. The Hall–Kier alpha value is -3.44. The van der Waals surface area contributed by atoms with E-state index in [4.69, 9.17) is 11.6 Å². The molecule has 3 N–H and O–H groups in total. The van der Waals surface area contributed by atoms with Crippen molar-refractivity contribution in [3.05, 3.63) is 71.1 Å². The highest BCUT2D eigenvalue weighted by molar-refractivity contribution is 6.35. The Morgan fingerprint density at radius 1 is 1.12 bits per heavy atom. The number of rotatable bonds is 5. The van der Waals surface area contributed by atoms with Crippen molar-refractivity contribution in [2.24, 2.45) is 0 Å². The number of halogens is 1. The summed E-state index contributed by atoms with van der Waals surface area (Å²) in [7, 11) is 0. The third-order valence-electron chi connectivity index (χ3n) is 6.16. The molecule has 32 heavy (non-hydrogen) atoms. The van der Waals surface area contributed by atoms with E-state index >= 15 is 0 Å². The number of aromatic carboxylic acids is 1. The minimum Gasteiger partial charge on any atom is -0.477 e. The van der Waals surface area contributed by atoms with Gasteiger partial charge in [-0.15, -0.1) is 0 Å². The van der Waals surface area contributed by atoms with Crippen molar-refractivity contribution in [3.63, 3.8) is 0 Å². The van der Waals surface area contributed by atoms with E-state index in [2.05, 4.69) is 65.8 Å². The zero-order valence-electron chi connectivity index (χ0n) is 18.2. The van der Waals surface area contributed by atoms with E-state index in [1.807, 2.05) is 24.4 Å². The Morgan fingerprint density at radius 3 is 2.66 bits per heavy atom. The molecule has 0 fully saturated rings. The summed E-state index contributed by atoms with van der Waals surface area (Å²) in [4.78, 5) is 18.8. The van der Waals surface area contributed by atoms with Crippen LogP contribution in [0.2, 0.25) is 5.02 Å². The lowest BCUT2D eigenvalue weighted by atomic mass is 9.89. The quantitative estimate of drug-likeness (QED) is 0.266. The molecule has 5 aromatic rings. The fraction of sp³-hybridized carbons (Fsp3) is 0.192. The van der Waals surface area contributed by atoms with Crippen LogP contribution < -0.4 is 0 Å². The summed E-state index contributed by atoms with van der Waals surface area (Å²) in [5.74, 6) is -0.930. The highest BCUT2D eigenvalue weighted by atomic mass is 35.5. The Kier molecular flexibility index (Phi) is 4.86. The zero-order valence-corrected chi connectivity index (χ0v) is 18.9. The third kappa shape index (κ3) is 3.04. The SMILES string of the molecule is CCn1ccc2cc(-c3[nH]c(C(=O)O)c(-c4c(Cl)ccc5[nH]ccc45)c3C(C)C)ccc21. The molecule has 0 saturated carbocycles. The van der Waals surface area contributed by atoms with Gasteiger partial charge in [-0.1, -0.05) is 31.5 Å². The first-order valence-electron chi connectivity index (χ1n) is 10.7. The number of benzene rings is 2. The van der Waals surface area contributed by atoms with Gasteiger partial charge in [-0.05, 0) is 60.4 Å². The van der Waals surface area contributed by atoms with Crippen LogP contribution in [0.3, 0.4) is 0 Å². The smallest absolute Gasteiger partial charge is 0.352 e. The number of aromatic nitrogens is 3. The number of carbonyl (C=O) groups is 1. The monoisotopic (exact) mass is 445 g/mol. The van der Waals surface area contributed by atoms with Crippen LogP contribution in [0.25, 0.3) is 44.2 Å². The van der Waals surface area contributed by atoms with Crippen LogP contribution in [-0.4, -0.2) is 25.6 Å². The molecule has 0 spiro atoms. The minimum atomic E-state index is -1.00. The van der Waals surface area contributed by atoms with Crippen LogP contribution in [0.4, 0.5) is 0 Å². The molecule has 0 amide bonds. The van der Waals surface area contributed by atoms with Crippen LogP contribution in [0.5, 0.6) is 0 Å². The van der Waals surface area contributed by atoms with Crippen molar-refractivity contribution in [1.29, 1.82) is 0 Å². The fourth-order valence-corrected chi connectivity index (χ4v) is 4.99. The minimum absolute atomic E-state index is 0.0746. The zero-order chi connectivity index (χ0) is 22.6. The van der Waals surface area contributed by atoms with Gasteiger partial charge in [-0.3, -0.25) is 0 Å². The topological polar surface area (TPSA) is 73.8 Å². The van der Waals surface area contributed by atoms with Crippen molar-refractivity contribution >= 4 is 39.4 Å². The maximum absolute atomic E-state index is 12.4. The number of aryl methyl sites for hydroxylation is 1. The second-order valence-corrected chi connectivity index (χ2v) is 8.77. The Labute approximate surface area is 190 Å². The molecule has 0 aliphatic carbocycles. The fourth-order valence-electron chi connectivity index (χ4n) is 4.73.